The number of pyridine rings is 1. The number of ether oxygens (including phenoxy) is 2. The molecule has 0 bridgehead atoms. The van der Waals surface area contributed by atoms with E-state index < -0.39 is 0 Å². The molecule has 0 fully saturated rings. The molecule has 0 spiro atoms. The Hall–Kier alpha value is -3.35. The van der Waals surface area contributed by atoms with Crippen LogP contribution in [0.2, 0.25) is 0 Å². The molecule has 0 saturated heterocycles. The summed E-state index contributed by atoms with van der Waals surface area (Å²) in [7, 11) is 1.55. The lowest BCUT2D eigenvalue weighted by Crippen LogP contribution is -2.23. The Morgan fingerprint density at radius 3 is 2.63 bits per heavy atom. The number of nitrogens with zero attached hydrogens (tertiary/aromatic N) is 2. The van der Waals surface area contributed by atoms with Crippen LogP contribution in [0.15, 0.2) is 47.1 Å². The van der Waals surface area contributed by atoms with Crippen molar-refractivity contribution in [3.05, 3.63) is 70.7 Å². The van der Waals surface area contributed by atoms with Gasteiger partial charge in [-0.2, -0.15) is 0 Å². The molecule has 7 nitrogen and oxygen atoms in total. The quantitative estimate of drug-likeness (QED) is 0.690. The minimum Gasteiger partial charge on any atom is -0.489 e. The normalized spacial score (nSPS) is 10.5. The number of aromatic nitrogens is 2. The van der Waals surface area contributed by atoms with E-state index >= 15 is 0 Å². The second-order valence-corrected chi connectivity index (χ2v) is 5.97. The Balaban J connectivity index is 1.57. The van der Waals surface area contributed by atoms with Gasteiger partial charge in [0.25, 0.3) is 5.91 Å². The molecule has 0 unspecified atom stereocenters. The second-order valence-electron chi connectivity index (χ2n) is 5.97. The van der Waals surface area contributed by atoms with E-state index in [9.17, 15) is 4.79 Å². The van der Waals surface area contributed by atoms with Crippen molar-refractivity contribution in [2.24, 2.45) is 0 Å². The van der Waals surface area contributed by atoms with Gasteiger partial charge in [-0.3, -0.25) is 4.79 Å². The number of benzene rings is 1. The van der Waals surface area contributed by atoms with Crippen LogP contribution in [0.1, 0.15) is 32.9 Å². The molecule has 7 heteroatoms. The minimum absolute atomic E-state index is 0.182. The number of rotatable bonds is 7. The molecule has 2 heterocycles. The van der Waals surface area contributed by atoms with Crippen molar-refractivity contribution >= 4 is 5.91 Å². The second kappa shape index (κ2) is 8.35. The lowest BCUT2D eigenvalue weighted by atomic mass is 10.2. The van der Waals surface area contributed by atoms with E-state index in [2.05, 4.69) is 15.5 Å². The van der Waals surface area contributed by atoms with E-state index in [-0.39, 0.29) is 5.91 Å². The molecule has 0 radical (unpaired) electrons. The molecule has 1 N–H and O–H groups in total. The molecule has 1 amide bonds. The van der Waals surface area contributed by atoms with Gasteiger partial charge in [0.2, 0.25) is 5.88 Å². The van der Waals surface area contributed by atoms with E-state index in [0.29, 0.717) is 30.3 Å². The number of carbonyl (C=O) groups is 1. The van der Waals surface area contributed by atoms with Crippen LogP contribution in [-0.4, -0.2) is 23.2 Å². The zero-order valence-electron chi connectivity index (χ0n) is 15.5. The third kappa shape index (κ3) is 4.44. The van der Waals surface area contributed by atoms with Crippen LogP contribution in [0.3, 0.4) is 0 Å². The van der Waals surface area contributed by atoms with Gasteiger partial charge in [0, 0.05) is 23.9 Å². The fraction of sp³-hybridized carbons (Fsp3) is 0.250. The molecular formula is C20H21N3O4. The fourth-order valence-corrected chi connectivity index (χ4v) is 2.59. The van der Waals surface area contributed by atoms with Gasteiger partial charge in [0.15, 0.2) is 0 Å². The average Bonchev–Trinajstić information content (AvgIpc) is 3.02. The molecule has 0 aliphatic carbocycles. The molecule has 140 valence electrons. The molecule has 0 saturated carbocycles. The van der Waals surface area contributed by atoms with Crippen LogP contribution >= 0.6 is 0 Å². The van der Waals surface area contributed by atoms with Gasteiger partial charge in [-0.1, -0.05) is 11.2 Å². The van der Waals surface area contributed by atoms with Crippen LogP contribution < -0.4 is 14.8 Å². The minimum atomic E-state index is -0.182. The third-order valence-electron chi connectivity index (χ3n) is 4.16. The zero-order valence-corrected chi connectivity index (χ0v) is 15.5. The molecule has 3 rings (SSSR count). The number of methoxy groups -OCH3 is 1. The smallest absolute Gasteiger partial charge is 0.251 e. The van der Waals surface area contributed by atoms with Crippen molar-refractivity contribution in [2.45, 2.75) is 27.0 Å². The summed E-state index contributed by atoms with van der Waals surface area (Å²) in [6.07, 6.45) is 1.64. The van der Waals surface area contributed by atoms with Crippen molar-refractivity contribution in [2.75, 3.05) is 7.11 Å². The molecule has 0 aliphatic heterocycles. The van der Waals surface area contributed by atoms with E-state index in [1.807, 2.05) is 19.9 Å². The van der Waals surface area contributed by atoms with Crippen molar-refractivity contribution in [1.82, 2.24) is 15.5 Å². The van der Waals surface area contributed by atoms with Crippen LogP contribution in [0.5, 0.6) is 11.6 Å². The Morgan fingerprint density at radius 2 is 1.96 bits per heavy atom. The highest BCUT2D eigenvalue weighted by atomic mass is 16.5. The van der Waals surface area contributed by atoms with Crippen molar-refractivity contribution < 1.29 is 18.8 Å². The number of nitrogens with one attached hydrogen (secondary N) is 1. The topological polar surface area (TPSA) is 86.5 Å². The summed E-state index contributed by atoms with van der Waals surface area (Å²) in [5.41, 5.74) is 3.10. The van der Waals surface area contributed by atoms with E-state index in [4.69, 9.17) is 14.0 Å². The number of aryl methyl sites for hydroxylation is 2. The van der Waals surface area contributed by atoms with Gasteiger partial charge in [0.1, 0.15) is 18.1 Å². The van der Waals surface area contributed by atoms with E-state index in [0.717, 1.165) is 22.6 Å². The summed E-state index contributed by atoms with van der Waals surface area (Å²) >= 11 is 0. The maximum absolute atomic E-state index is 12.3. The summed E-state index contributed by atoms with van der Waals surface area (Å²) in [5, 5.41) is 6.76. The van der Waals surface area contributed by atoms with Crippen LogP contribution in [-0.2, 0) is 13.2 Å². The van der Waals surface area contributed by atoms with Crippen molar-refractivity contribution in [3.8, 4) is 11.6 Å². The number of hydrogen-bond acceptors (Lipinski definition) is 6. The van der Waals surface area contributed by atoms with Crippen LogP contribution in [0.4, 0.5) is 0 Å². The SMILES string of the molecule is COc1ncccc1CNC(=O)c1ccc(OCc2c(C)noc2C)cc1. The summed E-state index contributed by atoms with van der Waals surface area (Å²) in [5.74, 6) is 1.73. The lowest BCUT2D eigenvalue weighted by Gasteiger charge is -2.09. The van der Waals surface area contributed by atoms with Crippen LogP contribution in [0.25, 0.3) is 0 Å². The van der Waals surface area contributed by atoms with E-state index in [1.54, 1.807) is 43.6 Å². The molecule has 0 aliphatic rings. The monoisotopic (exact) mass is 367 g/mol. The van der Waals surface area contributed by atoms with Gasteiger partial charge >= 0.3 is 0 Å². The molecule has 27 heavy (non-hydrogen) atoms. The van der Waals surface area contributed by atoms with Gasteiger partial charge in [-0.05, 0) is 44.2 Å². The molecule has 3 aromatic rings. The molecular weight excluding hydrogens is 346 g/mol. The predicted molar refractivity (Wildman–Crippen MR) is 98.7 cm³/mol. The van der Waals surface area contributed by atoms with Gasteiger partial charge in [-0.25, -0.2) is 4.98 Å². The maximum atomic E-state index is 12.3. The summed E-state index contributed by atoms with van der Waals surface area (Å²) in [4.78, 5) is 16.4. The highest BCUT2D eigenvalue weighted by molar-refractivity contribution is 5.94. The fourth-order valence-electron chi connectivity index (χ4n) is 2.59. The Kier molecular flexibility index (Phi) is 5.71. The average molecular weight is 367 g/mol. The Morgan fingerprint density at radius 1 is 1.19 bits per heavy atom. The van der Waals surface area contributed by atoms with E-state index in [1.165, 1.54) is 0 Å². The molecule has 2 aromatic heterocycles. The summed E-state index contributed by atoms with van der Waals surface area (Å²) in [6.45, 7) is 4.43. The number of hydrogen-bond donors (Lipinski definition) is 1. The van der Waals surface area contributed by atoms with Crippen molar-refractivity contribution in [3.63, 3.8) is 0 Å². The highest BCUT2D eigenvalue weighted by Gasteiger charge is 2.11. The first kappa shape index (κ1) is 18.4. The summed E-state index contributed by atoms with van der Waals surface area (Å²) in [6, 6.07) is 10.6. The first-order valence-corrected chi connectivity index (χ1v) is 8.49. The van der Waals surface area contributed by atoms with Crippen LogP contribution in [0, 0.1) is 13.8 Å². The lowest BCUT2D eigenvalue weighted by molar-refractivity contribution is 0.0950. The third-order valence-corrected chi connectivity index (χ3v) is 4.16. The van der Waals surface area contributed by atoms with Gasteiger partial charge < -0.3 is 19.3 Å². The first-order valence-electron chi connectivity index (χ1n) is 8.49. The van der Waals surface area contributed by atoms with Gasteiger partial charge in [0.05, 0.1) is 18.4 Å². The number of carbonyl (C=O) groups excluding carboxylic acids is 1. The zero-order chi connectivity index (χ0) is 19.2. The highest BCUT2D eigenvalue weighted by Crippen LogP contribution is 2.18. The molecule has 1 aromatic carbocycles. The predicted octanol–water partition coefficient (Wildman–Crippen LogP) is 3.20. The summed E-state index contributed by atoms with van der Waals surface area (Å²) < 4.78 is 16.1. The largest absolute Gasteiger partial charge is 0.489 e. The maximum Gasteiger partial charge on any atom is 0.251 e. The van der Waals surface area contributed by atoms with Crippen molar-refractivity contribution in [1.29, 1.82) is 0 Å². The Bertz CT molecular complexity index is 900. The Labute approximate surface area is 157 Å². The molecule has 0 atom stereocenters. The van der Waals surface area contributed by atoms with Gasteiger partial charge in [-0.15, -0.1) is 0 Å². The number of amides is 1. The first-order chi connectivity index (χ1) is 13.1. The standard InChI is InChI=1S/C20H21N3O4/c1-13-18(14(2)27-23-13)12-26-17-8-6-15(7-9-17)19(24)22-11-16-5-4-10-21-20(16)25-3/h4-10H,11-12H2,1-3H3,(H,22,24).